The number of aliphatic hydroxyl groups is 1. The molecule has 0 bridgehead atoms. The van der Waals surface area contributed by atoms with Crippen LogP contribution >= 0.6 is 0 Å². The summed E-state index contributed by atoms with van der Waals surface area (Å²) < 4.78 is 2.19. The third kappa shape index (κ3) is 3.69. The quantitative estimate of drug-likeness (QED) is 0.397. The summed E-state index contributed by atoms with van der Waals surface area (Å²) in [6.07, 6.45) is 0.573. The molecule has 0 amide bonds. The van der Waals surface area contributed by atoms with Gasteiger partial charge in [-0.05, 0) is 17.7 Å². The van der Waals surface area contributed by atoms with Crippen LogP contribution < -0.4 is 0 Å². The second kappa shape index (κ2) is 6.25. The topological polar surface area (TPSA) is 54.6 Å². The molecule has 5 heteroatoms. The first-order chi connectivity index (χ1) is 10.3. The second-order valence-corrected chi connectivity index (χ2v) is 6.07. The summed E-state index contributed by atoms with van der Waals surface area (Å²) in [6.45, 7) is 0. The predicted molar refractivity (Wildman–Crippen MR) is 86.8 cm³/mol. The van der Waals surface area contributed by atoms with Crippen LogP contribution in [-0.2, 0) is 7.05 Å². The fraction of sp³-hybridized carbons (Fsp3) is 0.294. The van der Waals surface area contributed by atoms with Crippen molar-refractivity contribution in [2.24, 2.45) is 12.1 Å². The van der Waals surface area contributed by atoms with Crippen molar-refractivity contribution in [2.45, 2.75) is 6.10 Å². The van der Waals surface area contributed by atoms with Crippen LogP contribution in [0.15, 0.2) is 47.6 Å². The first-order valence-corrected chi connectivity index (χ1v) is 7.09. The Hall–Kier alpha value is -2.24. The van der Waals surface area contributed by atoms with Crippen molar-refractivity contribution < 1.29 is 14.5 Å². The summed E-state index contributed by atoms with van der Waals surface area (Å²) in [5.41, 5.74) is 1.87. The van der Waals surface area contributed by atoms with E-state index in [0.717, 1.165) is 5.69 Å². The van der Waals surface area contributed by atoms with Gasteiger partial charge < -0.3 is 9.67 Å². The van der Waals surface area contributed by atoms with Gasteiger partial charge in [0.1, 0.15) is 12.3 Å². The number of aromatic nitrogens is 1. The van der Waals surface area contributed by atoms with Gasteiger partial charge in [-0.15, -0.1) is 0 Å². The molecule has 0 spiro atoms. The van der Waals surface area contributed by atoms with Crippen molar-refractivity contribution in [3.63, 3.8) is 0 Å². The van der Waals surface area contributed by atoms with E-state index in [-0.39, 0.29) is 5.78 Å². The number of carbonyl (C=O) groups excluding carboxylic acids is 1. The minimum Gasteiger partial charge on any atom is -0.380 e. The maximum Gasteiger partial charge on any atom is 0.212 e. The molecule has 0 radical (unpaired) electrons. The van der Waals surface area contributed by atoms with Gasteiger partial charge in [0.25, 0.3) is 0 Å². The molecule has 0 aliphatic heterocycles. The Bertz CT molecular complexity index is 682. The summed E-state index contributed by atoms with van der Waals surface area (Å²) in [4.78, 5) is 12.5. The van der Waals surface area contributed by atoms with E-state index in [0.29, 0.717) is 15.8 Å². The minimum absolute atomic E-state index is 0.321. The minimum atomic E-state index is -1.15. The molecule has 22 heavy (non-hydrogen) atoms. The number of benzene rings is 1. The van der Waals surface area contributed by atoms with Gasteiger partial charge in [-0.3, -0.25) is 4.79 Å². The highest BCUT2D eigenvalue weighted by Crippen LogP contribution is 2.19. The van der Waals surface area contributed by atoms with E-state index in [4.69, 9.17) is 0 Å². The summed E-state index contributed by atoms with van der Waals surface area (Å²) in [5.74, 6) is -0.321. The highest BCUT2D eigenvalue weighted by atomic mass is 16.3. The number of Topliss-reactive ketones (excluding diaryl/α,β-unsaturated/α-hetero) is 1. The molecule has 1 N–H and O–H groups in total. The SMILES string of the molecule is Cn1c(/C=N/[N+](C)(C)C)ccc1C(=O)C(O)c1ccccc1. The second-order valence-electron chi connectivity index (χ2n) is 6.07. The molecule has 0 aliphatic carbocycles. The first kappa shape index (κ1) is 16.1. The molecule has 0 aliphatic rings. The smallest absolute Gasteiger partial charge is 0.212 e. The van der Waals surface area contributed by atoms with Crippen molar-refractivity contribution in [1.82, 2.24) is 4.57 Å². The lowest BCUT2D eigenvalue weighted by Gasteiger charge is -2.14. The van der Waals surface area contributed by atoms with Gasteiger partial charge in [-0.25, -0.2) is 4.59 Å². The van der Waals surface area contributed by atoms with E-state index in [9.17, 15) is 9.90 Å². The molecule has 1 aromatic carbocycles. The number of aliphatic hydroxyl groups excluding tert-OH is 1. The molecular weight excluding hydrogens is 278 g/mol. The number of carbonyl (C=O) groups is 1. The molecule has 2 aromatic rings. The number of quaternary nitrogens is 1. The predicted octanol–water partition coefficient (Wildman–Crippen LogP) is 1.98. The van der Waals surface area contributed by atoms with Gasteiger partial charge in [-0.1, -0.05) is 35.4 Å². The van der Waals surface area contributed by atoms with Gasteiger partial charge in [0.15, 0.2) is 0 Å². The molecule has 0 fully saturated rings. The van der Waals surface area contributed by atoms with Gasteiger partial charge in [-0.2, -0.15) is 0 Å². The standard InChI is InChI=1S/C17H22N3O2/c1-19-14(12-18-20(2,3)4)10-11-15(19)17(22)16(21)13-8-6-5-7-9-13/h5-12,16,21H,1-4H3/q+1/b18-12+. The van der Waals surface area contributed by atoms with Crippen molar-refractivity contribution in [3.8, 4) is 0 Å². The Morgan fingerprint density at radius 2 is 1.82 bits per heavy atom. The third-order valence-corrected chi connectivity index (χ3v) is 3.31. The maximum atomic E-state index is 12.5. The lowest BCUT2D eigenvalue weighted by molar-refractivity contribution is -0.876. The fourth-order valence-electron chi connectivity index (χ4n) is 2.06. The average Bonchev–Trinajstić information content (AvgIpc) is 2.85. The summed E-state index contributed by atoms with van der Waals surface area (Å²) in [5, 5.41) is 14.6. The Labute approximate surface area is 130 Å². The van der Waals surface area contributed by atoms with Crippen LogP contribution in [0.2, 0.25) is 0 Å². The van der Waals surface area contributed by atoms with Crippen LogP contribution in [0.4, 0.5) is 0 Å². The summed E-state index contributed by atoms with van der Waals surface area (Å²) >= 11 is 0. The van der Waals surface area contributed by atoms with Crippen molar-refractivity contribution in [3.05, 3.63) is 59.4 Å². The highest BCUT2D eigenvalue weighted by Gasteiger charge is 2.22. The Morgan fingerprint density at radius 1 is 1.18 bits per heavy atom. The normalized spacial score (nSPS) is 13.5. The van der Waals surface area contributed by atoms with Crippen LogP contribution in [0.3, 0.4) is 0 Å². The zero-order valence-corrected chi connectivity index (χ0v) is 13.4. The number of rotatable bonds is 5. The van der Waals surface area contributed by atoms with Crippen LogP contribution in [-0.4, -0.2) is 47.4 Å². The highest BCUT2D eigenvalue weighted by molar-refractivity contribution is 5.99. The molecule has 0 saturated heterocycles. The average molecular weight is 300 g/mol. The summed E-state index contributed by atoms with van der Waals surface area (Å²) in [7, 11) is 7.64. The lowest BCUT2D eigenvalue weighted by atomic mass is 10.0. The first-order valence-electron chi connectivity index (χ1n) is 7.09. The fourth-order valence-corrected chi connectivity index (χ4v) is 2.06. The Balaban J connectivity index is 2.25. The van der Waals surface area contributed by atoms with Crippen molar-refractivity contribution in [1.29, 1.82) is 0 Å². The molecular formula is C17H22N3O2+. The van der Waals surface area contributed by atoms with Crippen LogP contribution in [0.25, 0.3) is 0 Å². The van der Waals surface area contributed by atoms with E-state index in [1.165, 1.54) is 0 Å². The van der Waals surface area contributed by atoms with Gasteiger partial charge in [0.2, 0.25) is 5.78 Å². The van der Waals surface area contributed by atoms with Crippen LogP contribution in [0.1, 0.15) is 27.8 Å². The largest absolute Gasteiger partial charge is 0.380 e. The van der Waals surface area contributed by atoms with E-state index in [2.05, 4.69) is 5.10 Å². The van der Waals surface area contributed by atoms with Crippen LogP contribution in [0, 0.1) is 0 Å². The molecule has 116 valence electrons. The Kier molecular flexibility index (Phi) is 4.59. The molecule has 1 heterocycles. The monoisotopic (exact) mass is 300 g/mol. The zero-order chi connectivity index (χ0) is 16.3. The van der Waals surface area contributed by atoms with E-state index >= 15 is 0 Å². The number of ketones is 1. The molecule has 0 saturated carbocycles. The molecule has 5 nitrogen and oxygen atoms in total. The van der Waals surface area contributed by atoms with E-state index < -0.39 is 6.10 Å². The molecule has 1 atom stereocenters. The number of hydrogen-bond acceptors (Lipinski definition) is 3. The van der Waals surface area contributed by atoms with Crippen LogP contribution in [0.5, 0.6) is 0 Å². The zero-order valence-electron chi connectivity index (χ0n) is 13.4. The maximum absolute atomic E-state index is 12.5. The molecule has 2 rings (SSSR count). The third-order valence-electron chi connectivity index (χ3n) is 3.31. The lowest BCUT2D eigenvalue weighted by Crippen LogP contribution is -2.27. The molecule has 1 aromatic heterocycles. The number of nitrogens with zero attached hydrogens (tertiary/aromatic N) is 3. The summed E-state index contributed by atoms with van der Waals surface area (Å²) in [6, 6.07) is 12.5. The van der Waals surface area contributed by atoms with E-state index in [1.807, 2.05) is 33.3 Å². The Morgan fingerprint density at radius 3 is 2.41 bits per heavy atom. The van der Waals surface area contributed by atoms with Crippen molar-refractivity contribution in [2.75, 3.05) is 21.1 Å². The van der Waals surface area contributed by atoms with Crippen molar-refractivity contribution >= 4 is 12.0 Å². The van der Waals surface area contributed by atoms with Gasteiger partial charge in [0.05, 0.1) is 32.5 Å². The van der Waals surface area contributed by atoms with Gasteiger partial charge in [0, 0.05) is 7.05 Å². The van der Waals surface area contributed by atoms with E-state index in [1.54, 1.807) is 48.2 Å². The van der Waals surface area contributed by atoms with Gasteiger partial charge >= 0.3 is 0 Å². The molecule has 1 unspecified atom stereocenters. The number of hydrogen-bond donors (Lipinski definition) is 1.